The summed E-state index contributed by atoms with van der Waals surface area (Å²) in [5.41, 5.74) is -1.24. The maximum absolute atomic E-state index is 11.8. The lowest BCUT2D eigenvalue weighted by atomic mass is 9.77. The summed E-state index contributed by atoms with van der Waals surface area (Å²) >= 11 is 0. The molecule has 1 rings (SSSR count). The fraction of sp³-hybridized carbons (Fsp3) is 0.500. The number of hydrogen-bond donors (Lipinski definition) is 0. The average molecular weight is 224 g/mol. The maximum Gasteiger partial charge on any atom is 0.324 e. The lowest BCUT2D eigenvalue weighted by molar-refractivity contribution is -0.170. The fourth-order valence-electron chi connectivity index (χ4n) is 2.02. The van der Waals surface area contributed by atoms with Gasteiger partial charge in [0, 0.05) is 5.92 Å². The normalized spacial score (nSPS) is 22.3. The molecule has 0 saturated heterocycles. The van der Waals surface area contributed by atoms with E-state index in [4.69, 9.17) is 9.47 Å². The summed E-state index contributed by atoms with van der Waals surface area (Å²) in [5, 5.41) is 0. The summed E-state index contributed by atoms with van der Waals surface area (Å²) in [6.07, 6.45) is 7.56. The molecular formula is C12H16O4. The Bertz CT molecular complexity index is 325. The van der Waals surface area contributed by atoms with Gasteiger partial charge in [0.25, 0.3) is 0 Å². The molecule has 1 atom stereocenters. The Kier molecular flexibility index (Phi) is 3.88. The lowest BCUT2D eigenvalue weighted by Gasteiger charge is -2.27. The van der Waals surface area contributed by atoms with Gasteiger partial charge in [-0.2, -0.15) is 0 Å². The average Bonchev–Trinajstić information content (AvgIpc) is 2.72. The van der Waals surface area contributed by atoms with E-state index < -0.39 is 17.4 Å². The standard InChI is InChI=1S/C12H16O4/c1-4-6-9-7-5-8-12(9,10(13)15-2)11(14)16-3/h4-7,9H,8H2,1-3H3/b6-4+. The Morgan fingerprint density at radius 3 is 2.31 bits per heavy atom. The van der Waals surface area contributed by atoms with E-state index >= 15 is 0 Å². The summed E-state index contributed by atoms with van der Waals surface area (Å²) in [5.74, 6) is -1.39. The second kappa shape index (κ2) is 4.96. The van der Waals surface area contributed by atoms with Gasteiger partial charge in [-0.05, 0) is 13.3 Å². The number of ether oxygens (including phenoxy) is 2. The number of carbonyl (C=O) groups is 2. The molecule has 4 nitrogen and oxygen atoms in total. The van der Waals surface area contributed by atoms with Crippen molar-refractivity contribution in [2.24, 2.45) is 11.3 Å². The van der Waals surface area contributed by atoms with Crippen LogP contribution < -0.4 is 0 Å². The van der Waals surface area contributed by atoms with Crippen molar-refractivity contribution >= 4 is 11.9 Å². The molecule has 0 spiro atoms. The molecule has 0 aromatic rings. The summed E-state index contributed by atoms with van der Waals surface area (Å²) < 4.78 is 9.45. The van der Waals surface area contributed by atoms with Crippen molar-refractivity contribution in [3.8, 4) is 0 Å². The van der Waals surface area contributed by atoms with Crippen LogP contribution in [0.2, 0.25) is 0 Å². The van der Waals surface area contributed by atoms with Crippen LogP contribution in [0.3, 0.4) is 0 Å². The molecule has 0 fully saturated rings. The summed E-state index contributed by atoms with van der Waals surface area (Å²) in [6.45, 7) is 1.84. The molecule has 1 unspecified atom stereocenters. The lowest BCUT2D eigenvalue weighted by Crippen LogP contribution is -2.44. The summed E-state index contributed by atoms with van der Waals surface area (Å²) in [7, 11) is 2.55. The maximum atomic E-state index is 11.8. The van der Waals surface area contributed by atoms with E-state index in [0.717, 1.165) is 0 Å². The SMILES string of the molecule is C/C=C/C1C=CCC1(C(=O)OC)C(=O)OC. The van der Waals surface area contributed by atoms with E-state index in [1.54, 1.807) is 18.2 Å². The predicted octanol–water partition coefficient (Wildman–Crippen LogP) is 1.47. The van der Waals surface area contributed by atoms with Gasteiger partial charge < -0.3 is 9.47 Å². The van der Waals surface area contributed by atoms with Crippen LogP contribution in [0.25, 0.3) is 0 Å². The zero-order valence-electron chi connectivity index (χ0n) is 9.73. The van der Waals surface area contributed by atoms with E-state index in [2.05, 4.69) is 0 Å². The molecule has 1 aliphatic carbocycles. The molecule has 0 radical (unpaired) electrons. The van der Waals surface area contributed by atoms with E-state index in [-0.39, 0.29) is 5.92 Å². The van der Waals surface area contributed by atoms with Crippen molar-refractivity contribution in [3.63, 3.8) is 0 Å². The third kappa shape index (κ3) is 1.75. The molecule has 1 aliphatic rings. The van der Waals surface area contributed by atoms with Crippen molar-refractivity contribution in [2.75, 3.05) is 14.2 Å². The zero-order chi connectivity index (χ0) is 12.2. The van der Waals surface area contributed by atoms with Gasteiger partial charge in [0.15, 0.2) is 5.41 Å². The third-order valence-corrected chi connectivity index (χ3v) is 2.85. The van der Waals surface area contributed by atoms with Crippen molar-refractivity contribution in [2.45, 2.75) is 13.3 Å². The van der Waals surface area contributed by atoms with Crippen LogP contribution in [0.4, 0.5) is 0 Å². The molecule has 0 amide bonds. The molecule has 0 aromatic carbocycles. The minimum Gasteiger partial charge on any atom is -0.468 e. The van der Waals surface area contributed by atoms with Crippen LogP contribution in [0.1, 0.15) is 13.3 Å². The van der Waals surface area contributed by atoms with Crippen LogP contribution in [0.5, 0.6) is 0 Å². The van der Waals surface area contributed by atoms with Crippen molar-refractivity contribution in [1.29, 1.82) is 0 Å². The molecule has 88 valence electrons. The highest BCUT2D eigenvalue weighted by molar-refractivity contribution is 6.01. The van der Waals surface area contributed by atoms with Gasteiger partial charge in [0.2, 0.25) is 0 Å². The van der Waals surface area contributed by atoms with Crippen LogP contribution in [0, 0.1) is 11.3 Å². The Balaban J connectivity index is 3.14. The second-order valence-electron chi connectivity index (χ2n) is 3.64. The summed E-state index contributed by atoms with van der Waals surface area (Å²) in [4.78, 5) is 23.6. The Hall–Kier alpha value is -1.58. The first kappa shape index (κ1) is 12.5. The van der Waals surface area contributed by atoms with Crippen molar-refractivity contribution in [3.05, 3.63) is 24.3 Å². The van der Waals surface area contributed by atoms with Crippen LogP contribution in [0.15, 0.2) is 24.3 Å². The van der Waals surface area contributed by atoms with E-state index in [9.17, 15) is 9.59 Å². The number of hydrogen-bond acceptors (Lipinski definition) is 4. The van der Waals surface area contributed by atoms with E-state index in [0.29, 0.717) is 6.42 Å². The third-order valence-electron chi connectivity index (χ3n) is 2.85. The number of carbonyl (C=O) groups excluding carboxylic acids is 2. The molecule has 0 bridgehead atoms. The van der Waals surface area contributed by atoms with Gasteiger partial charge in [0.1, 0.15) is 0 Å². The first-order chi connectivity index (χ1) is 7.63. The minimum absolute atomic E-state index is 0.294. The first-order valence-corrected chi connectivity index (χ1v) is 5.09. The quantitative estimate of drug-likeness (QED) is 0.414. The van der Waals surface area contributed by atoms with Gasteiger partial charge in [-0.25, -0.2) is 0 Å². The van der Waals surface area contributed by atoms with E-state index in [1.807, 2.05) is 13.0 Å². The molecule has 4 heteroatoms. The molecular weight excluding hydrogens is 208 g/mol. The number of methoxy groups -OCH3 is 2. The minimum atomic E-state index is -1.24. The molecule has 16 heavy (non-hydrogen) atoms. The monoisotopic (exact) mass is 224 g/mol. The topological polar surface area (TPSA) is 52.6 Å². The Morgan fingerprint density at radius 1 is 1.31 bits per heavy atom. The number of rotatable bonds is 3. The van der Waals surface area contributed by atoms with Crippen molar-refractivity contribution < 1.29 is 19.1 Å². The molecule has 0 N–H and O–H groups in total. The number of allylic oxidation sites excluding steroid dienone is 4. The fourth-order valence-corrected chi connectivity index (χ4v) is 2.02. The van der Waals surface area contributed by atoms with Gasteiger partial charge >= 0.3 is 11.9 Å². The first-order valence-electron chi connectivity index (χ1n) is 5.09. The molecule has 0 aromatic heterocycles. The van der Waals surface area contributed by atoms with Gasteiger partial charge in [-0.15, -0.1) is 0 Å². The van der Waals surface area contributed by atoms with Crippen LogP contribution in [-0.4, -0.2) is 26.2 Å². The smallest absolute Gasteiger partial charge is 0.324 e. The van der Waals surface area contributed by atoms with Crippen LogP contribution in [-0.2, 0) is 19.1 Å². The van der Waals surface area contributed by atoms with Crippen LogP contribution >= 0.6 is 0 Å². The molecule has 0 aliphatic heterocycles. The van der Waals surface area contributed by atoms with Gasteiger partial charge in [-0.3, -0.25) is 9.59 Å². The number of esters is 2. The predicted molar refractivity (Wildman–Crippen MR) is 58.5 cm³/mol. The summed E-state index contributed by atoms with van der Waals surface area (Å²) in [6, 6.07) is 0. The Morgan fingerprint density at radius 2 is 1.88 bits per heavy atom. The van der Waals surface area contributed by atoms with Gasteiger partial charge in [-0.1, -0.05) is 24.3 Å². The molecule has 0 heterocycles. The van der Waals surface area contributed by atoms with Gasteiger partial charge in [0.05, 0.1) is 14.2 Å². The van der Waals surface area contributed by atoms with Crippen molar-refractivity contribution in [1.82, 2.24) is 0 Å². The highest BCUT2D eigenvalue weighted by Gasteiger charge is 2.54. The second-order valence-corrected chi connectivity index (χ2v) is 3.64. The largest absolute Gasteiger partial charge is 0.468 e. The Labute approximate surface area is 94.9 Å². The highest BCUT2D eigenvalue weighted by Crippen LogP contribution is 2.41. The van der Waals surface area contributed by atoms with E-state index in [1.165, 1.54) is 14.2 Å². The highest BCUT2D eigenvalue weighted by atomic mass is 16.5. The molecule has 0 saturated carbocycles. The zero-order valence-corrected chi connectivity index (χ0v) is 9.73.